The zero-order valence-corrected chi connectivity index (χ0v) is 10.5. The highest BCUT2D eigenvalue weighted by atomic mass is 35.5. The molecule has 1 aromatic carbocycles. The van der Waals surface area contributed by atoms with Crippen LogP contribution in [0.25, 0.3) is 0 Å². The molecule has 4 heteroatoms. The number of ketones is 1. The van der Waals surface area contributed by atoms with Gasteiger partial charge in [0.05, 0.1) is 0 Å². The summed E-state index contributed by atoms with van der Waals surface area (Å²) in [4.78, 5) is 24.7. The van der Waals surface area contributed by atoms with Gasteiger partial charge in [0.2, 0.25) is 5.91 Å². The van der Waals surface area contributed by atoms with Crippen molar-refractivity contribution in [3.63, 3.8) is 0 Å². The SMILES string of the molecule is CC(=O)N1Cc2ccc(C(=O)CCCl)cc2C1. The summed E-state index contributed by atoms with van der Waals surface area (Å²) in [5.74, 6) is 0.467. The number of hydrogen-bond donors (Lipinski definition) is 0. The van der Waals surface area contributed by atoms with Crippen molar-refractivity contribution >= 4 is 23.3 Å². The van der Waals surface area contributed by atoms with E-state index in [0.717, 1.165) is 11.1 Å². The fourth-order valence-corrected chi connectivity index (χ4v) is 2.19. The lowest BCUT2D eigenvalue weighted by atomic mass is 10.0. The van der Waals surface area contributed by atoms with Gasteiger partial charge in [0, 0.05) is 37.9 Å². The number of rotatable bonds is 3. The molecule has 0 atom stereocenters. The minimum absolute atomic E-state index is 0.0593. The molecule has 0 aromatic heterocycles. The second kappa shape index (κ2) is 4.88. The van der Waals surface area contributed by atoms with Crippen LogP contribution in [0, 0.1) is 0 Å². The van der Waals surface area contributed by atoms with Crippen LogP contribution in [0.2, 0.25) is 0 Å². The van der Waals surface area contributed by atoms with E-state index in [1.165, 1.54) is 0 Å². The van der Waals surface area contributed by atoms with E-state index in [4.69, 9.17) is 11.6 Å². The van der Waals surface area contributed by atoms with Gasteiger partial charge in [-0.2, -0.15) is 0 Å². The number of amides is 1. The normalized spacial score (nSPS) is 13.6. The Labute approximate surface area is 105 Å². The molecule has 1 aliphatic rings. The van der Waals surface area contributed by atoms with Crippen LogP contribution < -0.4 is 0 Å². The Hall–Kier alpha value is -1.35. The summed E-state index contributed by atoms with van der Waals surface area (Å²) in [5, 5.41) is 0. The number of nitrogens with zero attached hydrogens (tertiary/aromatic N) is 1. The molecular formula is C13H14ClNO2. The predicted molar refractivity (Wildman–Crippen MR) is 66.0 cm³/mol. The topological polar surface area (TPSA) is 37.4 Å². The number of Topliss-reactive ketones (excluding diaryl/α,β-unsaturated/α-hetero) is 1. The number of carbonyl (C=O) groups is 2. The average Bonchev–Trinajstić information content (AvgIpc) is 2.71. The average molecular weight is 252 g/mol. The fourth-order valence-electron chi connectivity index (χ4n) is 2.02. The van der Waals surface area contributed by atoms with Crippen LogP contribution in [0.15, 0.2) is 18.2 Å². The first-order chi connectivity index (χ1) is 8.11. The van der Waals surface area contributed by atoms with Crippen molar-refractivity contribution in [1.82, 2.24) is 4.90 Å². The van der Waals surface area contributed by atoms with Gasteiger partial charge in [-0.25, -0.2) is 0 Å². The number of hydrogen-bond acceptors (Lipinski definition) is 2. The fraction of sp³-hybridized carbons (Fsp3) is 0.385. The maximum absolute atomic E-state index is 11.7. The number of carbonyl (C=O) groups excluding carboxylic acids is 2. The van der Waals surface area contributed by atoms with Gasteiger partial charge in [0.15, 0.2) is 5.78 Å². The Bertz CT molecular complexity index is 470. The molecule has 0 saturated carbocycles. The molecule has 3 nitrogen and oxygen atoms in total. The largest absolute Gasteiger partial charge is 0.334 e. The molecule has 0 saturated heterocycles. The number of fused-ring (bicyclic) bond motifs is 1. The van der Waals surface area contributed by atoms with E-state index in [1.807, 2.05) is 18.2 Å². The van der Waals surface area contributed by atoms with Crippen molar-refractivity contribution in [2.24, 2.45) is 0 Å². The maximum atomic E-state index is 11.7. The van der Waals surface area contributed by atoms with E-state index < -0.39 is 0 Å². The zero-order chi connectivity index (χ0) is 12.4. The third kappa shape index (κ3) is 2.50. The molecule has 0 N–H and O–H groups in total. The smallest absolute Gasteiger partial charge is 0.220 e. The quantitative estimate of drug-likeness (QED) is 0.611. The number of alkyl halides is 1. The van der Waals surface area contributed by atoms with Crippen LogP contribution in [-0.2, 0) is 17.9 Å². The van der Waals surface area contributed by atoms with Gasteiger partial charge in [0.1, 0.15) is 0 Å². The Morgan fingerprint density at radius 2 is 2.00 bits per heavy atom. The van der Waals surface area contributed by atoms with Crippen molar-refractivity contribution in [2.45, 2.75) is 26.4 Å². The third-order valence-corrected chi connectivity index (χ3v) is 3.21. The molecular weight excluding hydrogens is 238 g/mol. The molecule has 0 bridgehead atoms. The van der Waals surface area contributed by atoms with E-state index in [-0.39, 0.29) is 11.7 Å². The van der Waals surface area contributed by atoms with Gasteiger partial charge in [0.25, 0.3) is 0 Å². The van der Waals surface area contributed by atoms with Gasteiger partial charge in [-0.05, 0) is 17.2 Å². The molecule has 0 fully saturated rings. The van der Waals surface area contributed by atoms with Crippen molar-refractivity contribution in [3.8, 4) is 0 Å². The molecule has 0 aliphatic carbocycles. The summed E-state index contributed by atoms with van der Waals surface area (Å²) < 4.78 is 0. The highest BCUT2D eigenvalue weighted by Crippen LogP contribution is 2.24. The van der Waals surface area contributed by atoms with Crippen molar-refractivity contribution in [2.75, 3.05) is 5.88 Å². The molecule has 2 rings (SSSR count). The van der Waals surface area contributed by atoms with E-state index in [2.05, 4.69) is 0 Å². The first-order valence-electron chi connectivity index (χ1n) is 5.58. The molecule has 1 amide bonds. The first-order valence-corrected chi connectivity index (χ1v) is 6.11. The highest BCUT2D eigenvalue weighted by Gasteiger charge is 2.21. The summed E-state index contributed by atoms with van der Waals surface area (Å²) >= 11 is 5.55. The van der Waals surface area contributed by atoms with Gasteiger partial charge >= 0.3 is 0 Å². The Kier molecular flexibility index (Phi) is 3.48. The van der Waals surface area contributed by atoms with Crippen molar-refractivity contribution in [1.29, 1.82) is 0 Å². The summed E-state index contributed by atoms with van der Waals surface area (Å²) in [6.45, 7) is 2.81. The monoisotopic (exact) mass is 251 g/mol. The van der Waals surface area contributed by atoms with Gasteiger partial charge in [-0.1, -0.05) is 12.1 Å². The maximum Gasteiger partial charge on any atom is 0.220 e. The predicted octanol–water partition coefficient (Wildman–Crippen LogP) is 2.36. The van der Waals surface area contributed by atoms with Crippen LogP contribution in [0.1, 0.15) is 34.8 Å². The molecule has 17 heavy (non-hydrogen) atoms. The Balaban J connectivity index is 2.21. The third-order valence-electron chi connectivity index (χ3n) is 3.02. The van der Waals surface area contributed by atoms with E-state index in [0.29, 0.717) is 31.0 Å². The van der Waals surface area contributed by atoms with Crippen molar-refractivity contribution < 1.29 is 9.59 Å². The van der Waals surface area contributed by atoms with Crippen LogP contribution in [0.5, 0.6) is 0 Å². The van der Waals surface area contributed by atoms with E-state index in [9.17, 15) is 9.59 Å². The molecule has 1 heterocycles. The van der Waals surface area contributed by atoms with Crippen LogP contribution in [0.4, 0.5) is 0 Å². The summed E-state index contributed by atoms with van der Waals surface area (Å²) in [7, 11) is 0. The number of halogens is 1. The Morgan fingerprint density at radius 3 is 2.65 bits per heavy atom. The van der Waals surface area contributed by atoms with Crippen LogP contribution >= 0.6 is 11.6 Å². The molecule has 90 valence electrons. The van der Waals surface area contributed by atoms with Crippen LogP contribution in [0.3, 0.4) is 0 Å². The second-order valence-electron chi connectivity index (χ2n) is 4.22. The lowest BCUT2D eigenvalue weighted by molar-refractivity contribution is -0.129. The first kappa shape index (κ1) is 12.1. The Morgan fingerprint density at radius 1 is 1.29 bits per heavy atom. The van der Waals surface area contributed by atoms with Gasteiger partial charge < -0.3 is 4.90 Å². The zero-order valence-electron chi connectivity index (χ0n) is 9.70. The van der Waals surface area contributed by atoms with Gasteiger partial charge in [-0.15, -0.1) is 11.6 Å². The van der Waals surface area contributed by atoms with E-state index in [1.54, 1.807) is 11.8 Å². The second-order valence-corrected chi connectivity index (χ2v) is 4.60. The lowest BCUT2D eigenvalue weighted by Crippen LogP contribution is -2.21. The molecule has 0 unspecified atom stereocenters. The molecule has 1 aromatic rings. The molecule has 1 aliphatic heterocycles. The highest BCUT2D eigenvalue weighted by molar-refractivity contribution is 6.19. The van der Waals surface area contributed by atoms with E-state index >= 15 is 0 Å². The summed E-state index contributed by atoms with van der Waals surface area (Å²) in [5.41, 5.74) is 2.89. The molecule has 0 radical (unpaired) electrons. The minimum atomic E-state index is 0.0593. The lowest BCUT2D eigenvalue weighted by Gasteiger charge is -2.11. The minimum Gasteiger partial charge on any atom is -0.334 e. The standard InChI is InChI=1S/C13H14ClNO2/c1-9(16)15-7-11-3-2-10(6-12(11)8-15)13(17)4-5-14/h2-3,6H,4-5,7-8H2,1H3. The molecule has 0 spiro atoms. The van der Waals surface area contributed by atoms with Gasteiger partial charge in [-0.3, -0.25) is 9.59 Å². The van der Waals surface area contributed by atoms with Crippen molar-refractivity contribution in [3.05, 3.63) is 34.9 Å². The summed E-state index contributed by atoms with van der Waals surface area (Å²) in [6.07, 6.45) is 0.358. The number of benzene rings is 1. The van der Waals surface area contributed by atoms with Crippen LogP contribution in [-0.4, -0.2) is 22.5 Å². The summed E-state index contributed by atoms with van der Waals surface area (Å²) in [6, 6.07) is 5.63.